The third-order valence-electron chi connectivity index (χ3n) is 5.10. The van der Waals surface area contributed by atoms with Crippen molar-refractivity contribution in [2.45, 2.75) is 19.9 Å². The lowest BCUT2D eigenvalue weighted by Crippen LogP contribution is -2.04. The molecule has 0 aliphatic carbocycles. The van der Waals surface area contributed by atoms with E-state index < -0.39 is 6.43 Å². The van der Waals surface area contributed by atoms with Crippen molar-refractivity contribution in [3.63, 3.8) is 0 Å². The summed E-state index contributed by atoms with van der Waals surface area (Å²) in [4.78, 5) is 4.69. The van der Waals surface area contributed by atoms with Gasteiger partial charge in [-0.2, -0.15) is 5.10 Å². The molecule has 0 atom stereocenters. The zero-order valence-electron chi connectivity index (χ0n) is 17.2. The first-order chi connectivity index (χ1) is 14.9. The fraction of sp³-hybridized carbons (Fsp3) is 0.217. The number of ether oxygens (including phenoxy) is 2. The number of benzene rings is 2. The maximum Gasteiger partial charge on any atom is 0.264 e. The van der Waals surface area contributed by atoms with Crippen molar-refractivity contribution in [1.29, 1.82) is 0 Å². The number of fused-ring (bicyclic) bond motifs is 1. The van der Waals surface area contributed by atoms with Crippen LogP contribution in [0.1, 0.15) is 23.2 Å². The normalized spacial score (nSPS) is 11.3. The van der Waals surface area contributed by atoms with Crippen LogP contribution < -0.4 is 9.47 Å². The Labute approximate surface area is 183 Å². The van der Waals surface area contributed by atoms with Gasteiger partial charge in [-0.1, -0.05) is 29.8 Å². The summed E-state index contributed by atoms with van der Waals surface area (Å²) in [6, 6.07) is 13.9. The SMILES string of the molecule is COc1ccc(-c2cc(C(F)F)c3c(C)nn(Cc4ccccc4Cl)c3n2)cc1OC. The van der Waals surface area contributed by atoms with Gasteiger partial charge in [0.05, 0.1) is 37.5 Å². The van der Waals surface area contributed by atoms with Crippen molar-refractivity contribution in [2.75, 3.05) is 14.2 Å². The molecule has 0 saturated carbocycles. The van der Waals surface area contributed by atoms with Crippen LogP contribution in [-0.2, 0) is 6.54 Å². The topological polar surface area (TPSA) is 49.2 Å². The number of aryl methyl sites for hydroxylation is 1. The third kappa shape index (κ3) is 3.93. The van der Waals surface area contributed by atoms with Gasteiger partial charge in [-0.15, -0.1) is 0 Å². The van der Waals surface area contributed by atoms with E-state index in [9.17, 15) is 8.78 Å². The first kappa shape index (κ1) is 21.1. The van der Waals surface area contributed by atoms with Gasteiger partial charge in [-0.25, -0.2) is 18.4 Å². The molecule has 0 unspecified atom stereocenters. The van der Waals surface area contributed by atoms with Crippen LogP contribution in [-0.4, -0.2) is 29.0 Å². The third-order valence-corrected chi connectivity index (χ3v) is 5.47. The van der Waals surface area contributed by atoms with Crippen LogP contribution in [0.25, 0.3) is 22.3 Å². The molecule has 2 heterocycles. The number of pyridine rings is 1. The lowest BCUT2D eigenvalue weighted by Gasteiger charge is -2.12. The van der Waals surface area contributed by atoms with E-state index >= 15 is 0 Å². The Morgan fingerprint density at radius 3 is 2.45 bits per heavy atom. The van der Waals surface area contributed by atoms with Crippen molar-refractivity contribution in [3.8, 4) is 22.8 Å². The van der Waals surface area contributed by atoms with Crippen LogP contribution in [0.4, 0.5) is 8.78 Å². The summed E-state index contributed by atoms with van der Waals surface area (Å²) >= 11 is 6.30. The van der Waals surface area contributed by atoms with E-state index in [0.717, 1.165) is 5.56 Å². The molecule has 0 saturated heterocycles. The molecule has 0 spiro atoms. The molecule has 0 bridgehead atoms. The van der Waals surface area contributed by atoms with E-state index in [-0.39, 0.29) is 5.56 Å². The average Bonchev–Trinajstić information content (AvgIpc) is 3.09. The molecule has 0 amide bonds. The molecule has 0 aliphatic heterocycles. The second-order valence-corrected chi connectivity index (χ2v) is 7.41. The Bertz CT molecular complexity index is 1260. The van der Waals surface area contributed by atoms with Crippen molar-refractivity contribution in [2.24, 2.45) is 0 Å². The van der Waals surface area contributed by atoms with Gasteiger partial charge >= 0.3 is 0 Å². The maximum atomic E-state index is 14.0. The van der Waals surface area contributed by atoms with Crippen molar-refractivity contribution >= 4 is 22.6 Å². The molecule has 0 radical (unpaired) electrons. The van der Waals surface area contributed by atoms with E-state index in [1.54, 1.807) is 35.9 Å². The van der Waals surface area contributed by atoms with Gasteiger partial charge in [0.25, 0.3) is 6.43 Å². The first-order valence-electron chi connectivity index (χ1n) is 9.55. The summed E-state index contributed by atoms with van der Waals surface area (Å²) in [6.07, 6.45) is -2.68. The van der Waals surface area contributed by atoms with Crippen LogP contribution in [0.15, 0.2) is 48.5 Å². The van der Waals surface area contributed by atoms with Gasteiger partial charge in [0, 0.05) is 16.1 Å². The summed E-state index contributed by atoms with van der Waals surface area (Å²) in [5, 5.41) is 5.41. The first-order valence-corrected chi connectivity index (χ1v) is 9.92. The molecular formula is C23H20ClF2N3O2. The Morgan fingerprint density at radius 2 is 1.77 bits per heavy atom. The fourth-order valence-electron chi connectivity index (χ4n) is 3.60. The van der Waals surface area contributed by atoms with Crippen molar-refractivity contribution < 1.29 is 18.3 Å². The lowest BCUT2D eigenvalue weighted by molar-refractivity contribution is 0.153. The van der Waals surface area contributed by atoms with Gasteiger partial charge in [0.2, 0.25) is 0 Å². The molecule has 4 rings (SSSR count). The number of rotatable bonds is 6. The minimum absolute atomic E-state index is 0.113. The zero-order chi connectivity index (χ0) is 22.1. The van der Waals surface area contributed by atoms with E-state index in [4.69, 9.17) is 26.1 Å². The van der Waals surface area contributed by atoms with Crippen LogP contribution in [0.2, 0.25) is 5.02 Å². The van der Waals surface area contributed by atoms with Gasteiger partial charge < -0.3 is 9.47 Å². The molecule has 5 nitrogen and oxygen atoms in total. The monoisotopic (exact) mass is 443 g/mol. The minimum Gasteiger partial charge on any atom is -0.493 e. The molecule has 2 aromatic heterocycles. The summed E-state index contributed by atoms with van der Waals surface area (Å²) in [6.45, 7) is 2.02. The lowest BCUT2D eigenvalue weighted by atomic mass is 10.1. The van der Waals surface area contributed by atoms with Crippen molar-refractivity contribution in [3.05, 3.63) is 70.4 Å². The quantitative estimate of drug-likeness (QED) is 0.363. The maximum absolute atomic E-state index is 14.0. The van der Waals surface area contributed by atoms with E-state index in [1.807, 2.05) is 18.2 Å². The highest BCUT2D eigenvalue weighted by Crippen LogP contribution is 2.36. The Balaban J connectivity index is 1.91. The molecule has 160 valence electrons. The number of halogens is 3. The molecular weight excluding hydrogens is 424 g/mol. The predicted octanol–water partition coefficient (Wildman–Crippen LogP) is 6.06. The number of hydrogen-bond donors (Lipinski definition) is 0. The van der Waals surface area contributed by atoms with Crippen LogP contribution in [0.5, 0.6) is 11.5 Å². The minimum atomic E-state index is -2.68. The van der Waals surface area contributed by atoms with E-state index in [1.165, 1.54) is 20.3 Å². The number of hydrogen-bond acceptors (Lipinski definition) is 4. The number of alkyl halides is 2. The van der Waals surface area contributed by atoms with Crippen LogP contribution >= 0.6 is 11.6 Å². The highest BCUT2D eigenvalue weighted by molar-refractivity contribution is 6.31. The number of nitrogens with zero attached hydrogens (tertiary/aromatic N) is 3. The Morgan fingerprint density at radius 1 is 1.03 bits per heavy atom. The summed E-state index contributed by atoms with van der Waals surface area (Å²) in [7, 11) is 3.05. The smallest absolute Gasteiger partial charge is 0.264 e. The average molecular weight is 444 g/mol. The summed E-state index contributed by atoms with van der Waals surface area (Å²) < 4.78 is 40.2. The molecule has 8 heteroatoms. The molecule has 0 N–H and O–H groups in total. The highest BCUT2D eigenvalue weighted by atomic mass is 35.5. The zero-order valence-corrected chi connectivity index (χ0v) is 18.0. The Hall–Kier alpha value is -3.19. The van der Waals surface area contributed by atoms with Crippen molar-refractivity contribution in [1.82, 2.24) is 14.8 Å². The fourth-order valence-corrected chi connectivity index (χ4v) is 3.80. The highest BCUT2D eigenvalue weighted by Gasteiger charge is 2.22. The van der Waals surface area contributed by atoms with Crippen LogP contribution in [0, 0.1) is 6.92 Å². The molecule has 0 fully saturated rings. The molecule has 2 aromatic carbocycles. The predicted molar refractivity (Wildman–Crippen MR) is 116 cm³/mol. The van der Waals surface area contributed by atoms with Gasteiger partial charge in [-0.3, -0.25) is 0 Å². The summed E-state index contributed by atoms with van der Waals surface area (Å²) in [5.41, 5.74) is 2.60. The van der Waals surface area contributed by atoms with Crippen LogP contribution in [0.3, 0.4) is 0 Å². The standard InChI is InChI=1S/C23H20ClF2N3O2/c1-13-21-16(22(25)26)11-18(14-8-9-19(30-2)20(10-14)31-3)27-23(21)29(28-13)12-15-6-4-5-7-17(15)24/h4-11,22H,12H2,1-3H3. The van der Waals surface area contributed by atoms with Gasteiger partial charge in [0.1, 0.15) is 0 Å². The van der Waals surface area contributed by atoms with E-state index in [2.05, 4.69) is 5.10 Å². The van der Waals surface area contributed by atoms with E-state index in [0.29, 0.717) is 51.1 Å². The summed E-state index contributed by atoms with van der Waals surface area (Å²) in [5.74, 6) is 1.03. The molecule has 0 aliphatic rings. The second-order valence-electron chi connectivity index (χ2n) is 7.00. The van der Waals surface area contributed by atoms with Gasteiger partial charge in [-0.05, 0) is 42.8 Å². The Kier molecular flexibility index (Phi) is 5.78. The number of aromatic nitrogens is 3. The van der Waals surface area contributed by atoms with Gasteiger partial charge in [0.15, 0.2) is 17.1 Å². The number of methoxy groups -OCH3 is 2. The molecule has 31 heavy (non-hydrogen) atoms. The largest absolute Gasteiger partial charge is 0.493 e. The second kappa shape index (κ2) is 8.51. The molecule has 4 aromatic rings.